The van der Waals surface area contributed by atoms with E-state index >= 15 is 0 Å². The van der Waals surface area contributed by atoms with Gasteiger partial charge < -0.3 is 14.9 Å². The number of aromatic hydroxyl groups is 2. The van der Waals surface area contributed by atoms with E-state index in [9.17, 15) is 15.0 Å². The van der Waals surface area contributed by atoms with Crippen LogP contribution in [0.3, 0.4) is 0 Å². The van der Waals surface area contributed by atoms with Crippen molar-refractivity contribution in [2.75, 3.05) is 7.11 Å². The van der Waals surface area contributed by atoms with Crippen molar-refractivity contribution in [3.8, 4) is 17.2 Å². The zero-order chi connectivity index (χ0) is 15.4. The third-order valence-electron chi connectivity index (χ3n) is 2.85. The predicted octanol–water partition coefficient (Wildman–Crippen LogP) is 3.77. The van der Waals surface area contributed by atoms with Gasteiger partial charge in [0.15, 0.2) is 5.78 Å². The number of phenolic OH excluding ortho intramolecular Hbond substituents is 2. The number of ether oxygens (including phenoxy) is 1. The SMILES string of the molecule is COc1cc(O)cc(O)c1C(=O)/C=C/c1ccccc1Br. The minimum atomic E-state index is -0.417. The van der Waals surface area contributed by atoms with E-state index in [1.54, 1.807) is 6.08 Å². The summed E-state index contributed by atoms with van der Waals surface area (Å²) in [7, 11) is 1.36. The molecule has 0 saturated carbocycles. The van der Waals surface area contributed by atoms with Crippen LogP contribution in [0.5, 0.6) is 17.2 Å². The fourth-order valence-electron chi connectivity index (χ4n) is 1.85. The van der Waals surface area contributed by atoms with Crippen LogP contribution in [-0.2, 0) is 0 Å². The van der Waals surface area contributed by atoms with Crippen molar-refractivity contribution in [1.82, 2.24) is 0 Å². The quantitative estimate of drug-likeness (QED) is 0.652. The van der Waals surface area contributed by atoms with E-state index in [2.05, 4.69) is 15.9 Å². The Morgan fingerprint density at radius 3 is 2.62 bits per heavy atom. The molecule has 0 amide bonds. The number of methoxy groups -OCH3 is 1. The van der Waals surface area contributed by atoms with Gasteiger partial charge in [0.2, 0.25) is 0 Å². The van der Waals surface area contributed by atoms with Crippen LogP contribution in [-0.4, -0.2) is 23.1 Å². The van der Waals surface area contributed by atoms with Crippen LogP contribution in [0, 0.1) is 0 Å². The lowest BCUT2D eigenvalue weighted by Gasteiger charge is -2.08. The van der Waals surface area contributed by atoms with E-state index in [4.69, 9.17) is 4.74 Å². The Kier molecular flexibility index (Phi) is 4.65. The Hall–Kier alpha value is -2.27. The molecule has 0 atom stereocenters. The van der Waals surface area contributed by atoms with Gasteiger partial charge >= 0.3 is 0 Å². The summed E-state index contributed by atoms with van der Waals surface area (Å²) >= 11 is 3.39. The van der Waals surface area contributed by atoms with Gasteiger partial charge in [-0.25, -0.2) is 0 Å². The van der Waals surface area contributed by atoms with Gasteiger partial charge in [0.05, 0.1) is 7.11 Å². The molecular formula is C16H13BrO4. The smallest absolute Gasteiger partial charge is 0.193 e. The predicted molar refractivity (Wildman–Crippen MR) is 83.8 cm³/mol. The van der Waals surface area contributed by atoms with E-state index in [1.165, 1.54) is 19.3 Å². The van der Waals surface area contributed by atoms with Crippen LogP contribution in [0.25, 0.3) is 6.08 Å². The van der Waals surface area contributed by atoms with Gasteiger partial charge in [0.25, 0.3) is 0 Å². The highest BCUT2D eigenvalue weighted by atomic mass is 79.9. The average molecular weight is 349 g/mol. The molecule has 2 N–H and O–H groups in total. The van der Waals surface area contributed by atoms with Crippen molar-refractivity contribution in [3.05, 3.63) is 58.1 Å². The highest BCUT2D eigenvalue weighted by molar-refractivity contribution is 9.10. The molecule has 0 bridgehead atoms. The molecule has 108 valence electrons. The van der Waals surface area contributed by atoms with Gasteiger partial charge in [-0.2, -0.15) is 0 Å². The summed E-state index contributed by atoms with van der Waals surface area (Å²) in [6, 6.07) is 9.82. The molecule has 0 aliphatic carbocycles. The summed E-state index contributed by atoms with van der Waals surface area (Å²) in [5.74, 6) is -0.793. The van der Waals surface area contributed by atoms with Crippen LogP contribution < -0.4 is 4.74 Å². The molecule has 0 spiro atoms. The first kappa shape index (κ1) is 15.1. The number of carbonyl (C=O) groups is 1. The number of phenols is 2. The number of carbonyl (C=O) groups excluding carboxylic acids is 1. The van der Waals surface area contributed by atoms with Crippen molar-refractivity contribution < 1.29 is 19.7 Å². The average Bonchev–Trinajstić information content (AvgIpc) is 2.45. The van der Waals surface area contributed by atoms with Gasteiger partial charge in [-0.05, 0) is 23.8 Å². The Morgan fingerprint density at radius 2 is 1.95 bits per heavy atom. The zero-order valence-corrected chi connectivity index (χ0v) is 12.8. The summed E-state index contributed by atoms with van der Waals surface area (Å²) in [5, 5.41) is 19.2. The minimum Gasteiger partial charge on any atom is -0.508 e. The van der Waals surface area contributed by atoms with Gasteiger partial charge in [-0.1, -0.05) is 34.1 Å². The molecule has 21 heavy (non-hydrogen) atoms. The number of halogens is 1. The summed E-state index contributed by atoms with van der Waals surface area (Å²) in [4.78, 5) is 12.2. The van der Waals surface area contributed by atoms with Crippen molar-refractivity contribution >= 4 is 27.8 Å². The molecule has 0 saturated heterocycles. The Balaban J connectivity index is 2.35. The Bertz CT molecular complexity index is 707. The summed E-state index contributed by atoms with van der Waals surface area (Å²) < 4.78 is 5.88. The molecule has 4 nitrogen and oxygen atoms in total. The molecule has 0 aromatic heterocycles. The first-order chi connectivity index (χ1) is 10.0. The van der Waals surface area contributed by atoms with E-state index in [0.29, 0.717) is 0 Å². The maximum atomic E-state index is 12.2. The highest BCUT2D eigenvalue weighted by Crippen LogP contribution is 2.33. The lowest BCUT2D eigenvalue weighted by Crippen LogP contribution is -1.99. The monoisotopic (exact) mass is 348 g/mol. The fraction of sp³-hybridized carbons (Fsp3) is 0.0625. The fourth-order valence-corrected chi connectivity index (χ4v) is 2.27. The third kappa shape index (κ3) is 3.44. The zero-order valence-electron chi connectivity index (χ0n) is 11.2. The first-order valence-electron chi connectivity index (χ1n) is 6.10. The molecule has 0 heterocycles. The molecule has 2 rings (SSSR count). The van der Waals surface area contributed by atoms with Gasteiger partial charge in [-0.15, -0.1) is 0 Å². The van der Waals surface area contributed by atoms with Gasteiger partial charge in [0.1, 0.15) is 22.8 Å². The molecular weight excluding hydrogens is 336 g/mol. The summed E-state index contributed by atoms with van der Waals surface area (Å²) in [6.07, 6.45) is 2.98. The van der Waals surface area contributed by atoms with E-state index in [0.717, 1.165) is 16.1 Å². The van der Waals surface area contributed by atoms with Crippen LogP contribution >= 0.6 is 15.9 Å². The number of rotatable bonds is 4. The van der Waals surface area contributed by atoms with Crippen molar-refractivity contribution in [2.45, 2.75) is 0 Å². The summed E-state index contributed by atoms with van der Waals surface area (Å²) in [5.41, 5.74) is 0.849. The van der Waals surface area contributed by atoms with Crippen molar-refractivity contribution in [1.29, 1.82) is 0 Å². The Labute approximate surface area is 130 Å². The lowest BCUT2D eigenvalue weighted by molar-refractivity contribution is 0.104. The second-order valence-corrected chi connectivity index (χ2v) is 5.12. The van der Waals surface area contributed by atoms with Crippen molar-refractivity contribution in [3.63, 3.8) is 0 Å². The van der Waals surface area contributed by atoms with Crippen molar-refractivity contribution in [2.24, 2.45) is 0 Å². The number of hydrogen-bond donors (Lipinski definition) is 2. The number of ketones is 1. The third-order valence-corrected chi connectivity index (χ3v) is 3.57. The number of benzene rings is 2. The van der Waals surface area contributed by atoms with Gasteiger partial charge in [0, 0.05) is 16.6 Å². The standard InChI is InChI=1S/C16H13BrO4/c1-21-15-9-11(18)8-14(20)16(15)13(19)7-6-10-4-2-3-5-12(10)17/h2-9,18,20H,1H3/b7-6+. The number of allylic oxidation sites excluding steroid dienone is 1. The largest absolute Gasteiger partial charge is 0.508 e. The maximum absolute atomic E-state index is 12.2. The molecule has 2 aromatic carbocycles. The lowest BCUT2D eigenvalue weighted by atomic mass is 10.1. The topological polar surface area (TPSA) is 66.8 Å². The van der Waals surface area contributed by atoms with Crippen LogP contribution in [0.15, 0.2) is 46.9 Å². The molecule has 0 aliphatic rings. The maximum Gasteiger partial charge on any atom is 0.193 e. The molecule has 5 heteroatoms. The van der Waals surface area contributed by atoms with Gasteiger partial charge in [-0.3, -0.25) is 4.79 Å². The molecule has 0 radical (unpaired) electrons. The van der Waals surface area contributed by atoms with E-state index in [1.807, 2.05) is 24.3 Å². The second-order valence-electron chi connectivity index (χ2n) is 4.26. The van der Waals surface area contributed by atoms with Crippen LogP contribution in [0.4, 0.5) is 0 Å². The molecule has 0 fully saturated rings. The second kappa shape index (κ2) is 6.45. The van der Waals surface area contributed by atoms with Crippen LogP contribution in [0.2, 0.25) is 0 Å². The highest BCUT2D eigenvalue weighted by Gasteiger charge is 2.16. The van der Waals surface area contributed by atoms with Crippen LogP contribution in [0.1, 0.15) is 15.9 Å². The van der Waals surface area contributed by atoms with E-state index < -0.39 is 5.78 Å². The molecule has 0 unspecified atom stereocenters. The number of hydrogen-bond acceptors (Lipinski definition) is 4. The molecule has 2 aromatic rings. The molecule has 0 aliphatic heterocycles. The normalized spacial score (nSPS) is 10.8. The first-order valence-corrected chi connectivity index (χ1v) is 6.89. The minimum absolute atomic E-state index is 0.0126. The Morgan fingerprint density at radius 1 is 1.24 bits per heavy atom. The van der Waals surface area contributed by atoms with E-state index in [-0.39, 0.29) is 22.8 Å². The summed E-state index contributed by atoms with van der Waals surface area (Å²) in [6.45, 7) is 0.